The molecule has 4 aromatic rings. The molecular weight excluding hydrogens is 440 g/mol. The molecular formula is C27H28N6O2. The number of hydrogen-bond acceptors (Lipinski definition) is 6. The van der Waals surface area contributed by atoms with Crippen LogP contribution in [0.1, 0.15) is 41.4 Å². The molecule has 6 rings (SSSR count). The number of benzene rings is 2. The third-order valence-corrected chi connectivity index (χ3v) is 6.77. The maximum absolute atomic E-state index is 13.2. The van der Waals surface area contributed by atoms with Crippen LogP contribution in [0.15, 0.2) is 60.8 Å². The second-order valence-electron chi connectivity index (χ2n) is 9.17. The smallest absolute Gasteiger partial charge is 0.254 e. The van der Waals surface area contributed by atoms with Crippen LogP contribution in [-0.2, 0) is 0 Å². The number of para-hydroxylation sites is 1. The zero-order valence-electron chi connectivity index (χ0n) is 19.8. The van der Waals surface area contributed by atoms with Crippen molar-refractivity contribution in [1.29, 1.82) is 0 Å². The number of ether oxygens (including phenoxy) is 1. The minimum Gasteiger partial charge on any atom is -0.497 e. The molecule has 0 radical (unpaired) electrons. The van der Waals surface area contributed by atoms with Gasteiger partial charge in [0.25, 0.3) is 5.91 Å². The zero-order valence-corrected chi connectivity index (χ0v) is 19.8. The van der Waals surface area contributed by atoms with Crippen molar-refractivity contribution in [3.63, 3.8) is 0 Å². The highest BCUT2D eigenvalue weighted by atomic mass is 16.5. The van der Waals surface area contributed by atoms with Gasteiger partial charge < -0.3 is 14.5 Å². The summed E-state index contributed by atoms with van der Waals surface area (Å²) >= 11 is 0. The number of rotatable bonds is 5. The molecule has 1 aliphatic heterocycles. The predicted molar refractivity (Wildman–Crippen MR) is 134 cm³/mol. The van der Waals surface area contributed by atoms with E-state index in [4.69, 9.17) is 14.7 Å². The van der Waals surface area contributed by atoms with Crippen LogP contribution in [0.4, 0.5) is 5.82 Å². The predicted octanol–water partition coefficient (Wildman–Crippen LogP) is 4.05. The number of nitrogens with zero attached hydrogens (tertiary/aromatic N) is 6. The Morgan fingerprint density at radius 1 is 0.971 bits per heavy atom. The van der Waals surface area contributed by atoms with E-state index in [1.54, 1.807) is 13.2 Å². The van der Waals surface area contributed by atoms with Crippen LogP contribution in [0.2, 0.25) is 0 Å². The molecule has 1 aliphatic carbocycles. The molecule has 0 unspecified atom stereocenters. The SMILES string of the molecule is COc1cccc(C(=O)N2CCCN(c3nc(C4CC4)nc4c3cnn4-c3ccccc3)CC2)c1. The summed E-state index contributed by atoms with van der Waals surface area (Å²) in [7, 11) is 1.62. The summed E-state index contributed by atoms with van der Waals surface area (Å²) in [5, 5.41) is 5.63. The minimum absolute atomic E-state index is 0.0363. The Kier molecular flexibility index (Phi) is 5.56. The fourth-order valence-corrected chi connectivity index (χ4v) is 4.70. The van der Waals surface area contributed by atoms with Gasteiger partial charge in [0.1, 0.15) is 17.4 Å². The first-order chi connectivity index (χ1) is 17.2. The number of carbonyl (C=O) groups excluding carboxylic acids is 1. The molecule has 0 N–H and O–H groups in total. The normalized spacial score (nSPS) is 16.4. The highest BCUT2D eigenvalue weighted by Crippen LogP contribution is 2.40. The van der Waals surface area contributed by atoms with Crippen LogP contribution < -0.4 is 9.64 Å². The van der Waals surface area contributed by atoms with Gasteiger partial charge in [0, 0.05) is 37.7 Å². The first kappa shape index (κ1) is 21.6. The van der Waals surface area contributed by atoms with Crippen LogP contribution in [0.3, 0.4) is 0 Å². The van der Waals surface area contributed by atoms with Gasteiger partial charge in [0.2, 0.25) is 0 Å². The van der Waals surface area contributed by atoms with Gasteiger partial charge in [0.05, 0.1) is 24.4 Å². The lowest BCUT2D eigenvalue weighted by Crippen LogP contribution is -2.35. The van der Waals surface area contributed by atoms with Crippen molar-refractivity contribution in [3.05, 3.63) is 72.2 Å². The van der Waals surface area contributed by atoms with Crippen molar-refractivity contribution in [2.45, 2.75) is 25.2 Å². The lowest BCUT2D eigenvalue weighted by atomic mass is 10.2. The topological polar surface area (TPSA) is 76.4 Å². The largest absolute Gasteiger partial charge is 0.497 e. The summed E-state index contributed by atoms with van der Waals surface area (Å²) in [4.78, 5) is 27.4. The van der Waals surface area contributed by atoms with Crippen molar-refractivity contribution in [2.24, 2.45) is 0 Å². The molecule has 2 aromatic carbocycles. The number of aromatic nitrogens is 4. The molecule has 35 heavy (non-hydrogen) atoms. The van der Waals surface area contributed by atoms with Crippen molar-refractivity contribution in [1.82, 2.24) is 24.6 Å². The van der Waals surface area contributed by atoms with Crippen LogP contribution in [0.25, 0.3) is 16.7 Å². The van der Waals surface area contributed by atoms with Gasteiger partial charge in [0.15, 0.2) is 5.65 Å². The number of carbonyl (C=O) groups is 1. The second kappa shape index (κ2) is 9.02. The lowest BCUT2D eigenvalue weighted by Gasteiger charge is -2.24. The molecule has 2 fully saturated rings. The van der Waals surface area contributed by atoms with Gasteiger partial charge in [-0.3, -0.25) is 4.79 Å². The Balaban J connectivity index is 1.30. The van der Waals surface area contributed by atoms with Gasteiger partial charge in [-0.2, -0.15) is 5.10 Å². The molecule has 8 heteroatoms. The Morgan fingerprint density at radius 3 is 2.63 bits per heavy atom. The molecule has 0 spiro atoms. The molecule has 2 aliphatic rings. The Hall–Kier alpha value is -3.94. The molecule has 1 saturated carbocycles. The molecule has 1 amide bonds. The Labute approximate surface area is 204 Å². The molecule has 178 valence electrons. The van der Waals surface area contributed by atoms with E-state index in [1.807, 2.05) is 64.3 Å². The van der Waals surface area contributed by atoms with Gasteiger partial charge >= 0.3 is 0 Å². The van der Waals surface area contributed by atoms with E-state index in [-0.39, 0.29) is 5.91 Å². The van der Waals surface area contributed by atoms with E-state index in [0.29, 0.717) is 36.9 Å². The van der Waals surface area contributed by atoms with E-state index in [2.05, 4.69) is 10.00 Å². The van der Waals surface area contributed by atoms with E-state index >= 15 is 0 Å². The molecule has 0 bridgehead atoms. The number of amides is 1. The summed E-state index contributed by atoms with van der Waals surface area (Å²) in [5.41, 5.74) is 2.49. The maximum atomic E-state index is 13.2. The fraction of sp³-hybridized carbons (Fsp3) is 0.333. The van der Waals surface area contributed by atoms with E-state index in [9.17, 15) is 4.79 Å². The summed E-state index contributed by atoms with van der Waals surface area (Å²) in [6, 6.07) is 17.5. The quantitative estimate of drug-likeness (QED) is 0.440. The Bertz CT molecular complexity index is 1360. The number of fused-ring (bicyclic) bond motifs is 1. The minimum atomic E-state index is 0.0363. The molecule has 2 aromatic heterocycles. The number of hydrogen-bond donors (Lipinski definition) is 0. The summed E-state index contributed by atoms with van der Waals surface area (Å²) < 4.78 is 7.21. The lowest BCUT2D eigenvalue weighted by molar-refractivity contribution is 0.0766. The van der Waals surface area contributed by atoms with E-state index in [0.717, 1.165) is 54.2 Å². The molecule has 1 saturated heterocycles. The standard InChI is InChI=1S/C27H28N6O2/c1-35-22-10-5-7-20(17-22)27(34)32-14-6-13-31(15-16-32)25-23-18-28-33(21-8-3-2-4-9-21)26(23)30-24(29-25)19-11-12-19/h2-5,7-10,17-19H,6,11-16H2,1H3. The van der Waals surface area contributed by atoms with Crippen LogP contribution in [-0.4, -0.2) is 63.8 Å². The third kappa shape index (κ3) is 4.20. The average molecular weight is 469 g/mol. The average Bonchev–Trinajstić information content (AvgIpc) is 3.71. The summed E-state index contributed by atoms with van der Waals surface area (Å²) in [5.74, 6) is 2.98. The highest BCUT2D eigenvalue weighted by molar-refractivity contribution is 5.94. The number of anilines is 1. The molecule has 8 nitrogen and oxygen atoms in total. The maximum Gasteiger partial charge on any atom is 0.254 e. The Morgan fingerprint density at radius 2 is 1.83 bits per heavy atom. The van der Waals surface area contributed by atoms with Crippen LogP contribution >= 0.6 is 0 Å². The van der Waals surface area contributed by atoms with Crippen LogP contribution in [0.5, 0.6) is 5.75 Å². The van der Waals surface area contributed by atoms with Gasteiger partial charge in [-0.05, 0) is 49.6 Å². The first-order valence-corrected chi connectivity index (χ1v) is 12.2. The van der Waals surface area contributed by atoms with Gasteiger partial charge in [-0.25, -0.2) is 14.6 Å². The van der Waals surface area contributed by atoms with E-state index in [1.165, 1.54) is 0 Å². The molecule has 0 atom stereocenters. The zero-order chi connectivity index (χ0) is 23.8. The fourth-order valence-electron chi connectivity index (χ4n) is 4.70. The van der Waals surface area contributed by atoms with Crippen molar-refractivity contribution >= 4 is 22.8 Å². The van der Waals surface area contributed by atoms with Gasteiger partial charge in [-0.1, -0.05) is 24.3 Å². The molecule has 3 heterocycles. The highest BCUT2D eigenvalue weighted by Gasteiger charge is 2.30. The second-order valence-corrected chi connectivity index (χ2v) is 9.17. The van der Waals surface area contributed by atoms with Crippen molar-refractivity contribution < 1.29 is 9.53 Å². The van der Waals surface area contributed by atoms with Crippen molar-refractivity contribution in [2.75, 3.05) is 38.2 Å². The van der Waals surface area contributed by atoms with Gasteiger partial charge in [-0.15, -0.1) is 0 Å². The number of methoxy groups -OCH3 is 1. The first-order valence-electron chi connectivity index (χ1n) is 12.2. The summed E-state index contributed by atoms with van der Waals surface area (Å²) in [6.45, 7) is 2.88. The van der Waals surface area contributed by atoms with E-state index < -0.39 is 0 Å². The van der Waals surface area contributed by atoms with Crippen molar-refractivity contribution in [3.8, 4) is 11.4 Å². The monoisotopic (exact) mass is 468 g/mol. The van der Waals surface area contributed by atoms with Crippen LogP contribution in [0, 0.1) is 0 Å². The third-order valence-electron chi connectivity index (χ3n) is 6.77. The summed E-state index contributed by atoms with van der Waals surface area (Å²) in [6.07, 6.45) is 5.01.